The van der Waals surface area contributed by atoms with Crippen molar-refractivity contribution in [2.45, 2.75) is 13.0 Å². The van der Waals surface area contributed by atoms with Gasteiger partial charge in [0.25, 0.3) is 0 Å². The van der Waals surface area contributed by atoms with Crippen molar-refractivity contribution in [2.75, 3.05) is 5.73 Å². The SMILES string of the molecule is CC(c1cccs1)n1c(N)nc2ccc(F)c(F)c21. The summed E-state index contributed by atoms with van der Waals surface area (Å²) in [6, 6.07) is 6.13. The summed E-state index contributed by atoms with van der Waals surface area (Å²) >= 11 is 1.54. The summed E-state index contributed by atoms with van der Waals surface area (Å²) < 4.78 is 28.9. The van der Waals surface area contributed by atoms with Crippen LogP contribution in [0.3, 0.4) is 0 Å². The molecule has 0 saturated carbocycles. The molecule has 1 unspecified atom stereocenters. The van der Waals surface area contributed by atoms with Crippen molar-refractivity contribution in [3.8, 4) is 0 Å². The third-order valence-electron chi connectivity index (χ3n) is 3.11. The highest BCUT2D eigenvalue weighted by atomic mass is 32.1. The number of rotatable bonds is 2. The number of benzene rings is 1. The number of anilines is 1. The number of halogens is 2. The molecule has 0 spiro atoms. The molecule has 0 aliphatic carbocycles. The average molecular weight is 279 g/mol. The minimum absolute atomic E-state index is 0.110. The van der Waals surface area contributed by atoms with Crippen LogP contribution in [0.1, 0.15) is 17.8 Å². The zero-order valence-electron chi connectivity index (χ0n) is 10.1. The van der Waals surface area contributed by atoms with Crippen LogP contribution in [0, 0.1) is 11.6 Å². The van der Waals surface area contributed by atoms with Gasteiger partial charge in [-0.25, -0.2) is 13.8 Å². The Morgan fingerprint density at radius 1 is 1.32 bits per heavy atom. The van der Waals surface area contributed by atoms with E-state index in [0.29, 0.717) is 5.52 Å². The third kappa shape index (κ3) is 1.79. The highest BCUT2D eigenvalue weighted by molar-refractivity contribution is 7.10. The third-order valence-corrected chi connectivity index (χ3v) is 4.16. The maximum atomic E-state index is 14.0. The minimum atomic E-state index is -0.912. The Balaban J connectivity index is 2.28. The summed E-state index contributed by atoms with van der Waals surface area (Å²) in [5.41, 5.74) is 6.32. The largest absolute Gasteiger partial charge is 0.369 e. The maximum Gasteiger partial charge on any atom is 0.201 e. The first-order chi connectivity index (χ1) is 9.09. The molecule has 0 radical (unpaired) electrons. The van der Waals surface area contributed by atoms with E-state index >= 15 is 0 Å². The fraction of sp³-hybridized carbons (Fsp3) is 0.154. The number of nitrogen functional groups attached to an aromatic ring is 1. The molecule has 98 valence electrons. The van der Waals surface area contributed by atoms with Crippen molar-refractivity contribution in [1.29, 1.82) is 0 Å². The second-order valence-electron chi connectivity index (χ2n) is 4.26. The molecule has 2 N–H and O–H groups in total. The molecule has 0 bridgehead atoms. The van der Waals surface area contributed by atoms with Gasteiger partial charge in [-0.2, -0.15) is 0 Å². The van der Waals surface area contributed by atoms with Crippen LogP contribution in [0.4, 0.5) is 14.7 Å². The van der Waals surface area contributed by atoms with Gasteiger partial charge in [0.05, 0.1) is 11.6 Å². The van der Waals surface area contributed by atoms with Crippen molar-refractivity contribution >= 4 is 28.3 Å². The first-order valence-electron chi connectivity index (χ1n) is 5.74. The molecule has 0 aliphatic heterocycles. The Labute approximate surface area is 112 Å². The van der Waals surface area contributed by atoms with Crippen LogP contribution in [-0.4, -0.2) is 9.55 Å². The molecule has 2 heterocycles. The molecule has 0 amide bonds. The monoisotopic (exact) mass is 279 g/mol. The number of nitrogens with two attached hydrogens (primary N) is 1. The van der Waals surface area contributed by atoms with E-state index in [9.17, 15) is 8.78 Å². The number of thiophene rings is 1. The van der Waals surface area contributed by atoms with E-state index in [1.807, 2.05) is 24.4 Å². The number of fused-ring (bicyclic) bond motifs is 1. The quantitative estimate of drug-likeness (QED) is 0.779. The first-order valence-corrected chi connectivity index (χ1v) is 6.62. The normalized spacial score (nSPS) is 13.0. The predicted octanol–water partition coefficient (Wildman–Crippen LogP) is 3.57. The lowest BCUT2D eigenvalue weighted by Gasteiger charge is -2.14. The second kappa shape index (κ2) is 4.31. The van der Waals surface area contributed by atoms with E-state index in [0.717, 1.165) is 10.9 Å². The Morgan fingerprint density at radius 3 is 2.79 bits per heavy atom. The van der Waals surface area contributed by atoms with Crippen molar-refractivity contribution in [2.24, 2.45) is 0 Å². The van der Waals surface area contributed by atoms with Crippen molar-refractivity contribution in [3.05, 3.63) is 46.2 Å². The lowest BCUT2D eigenvalue weighted by atomic mass is 10.2. The molecular formula is C13H11F2N3S. The van der Waals surface area contributed by atoms with Gasteiger partial charge in [-0.3, -0.25) is 4.57 Å². The summed E-state index contributed by atoms with van der Waals surface area (Å²) in [6.45, 7) is 1.88. The Bertz CT molecular complexity index is 734. The zero-order chi connectivity index (χ0) is 13.6. The molecule has 0 saturated heterocycles. The van der Waals surface area contributed by atoms with Gasteiger partial charge in [-0.05, 0) is 30.5 Å². The van der Waals surface area contributed by atoms with E-state index in [1.54, 1.807) is 0 Å². The van der Waals surface area contributed by atoms with Gasteiger partial charge < -0.3 is 5.73 Å². The average Bonchev–Trinajstić information content (AvgIpc) is 3.00. The van der Waals surface area contributed by atoms with Crippen LogP contribution >= 0.6 is 11.3 Å². The lowest BCUT2D eigenvalue weighted by molar-refractivity contribution is 0.509. The van der Waals surface area contributed by atoms with Crippen LogP contribution in [-0.2, 0) is 0 Å². The van der Waals surface area contributed by atoms with Gasteiger partial charge in [-0.1, -0.05) is 6.07 Å². The smallest absolute Gasteiger partial charge is 0.201 e. The minimum Gasteiger partial charge on any atom is -0.369 e. The van der Waals surface area contributed by atoms with Crippen LogP contribution in [0.2, 0.25) is 0 Å². The molecule has 2 aromatic heterocycles. The molecule has 6 heteroatoms. The Kier molecular flexibility index (Phi) is 2.74. The standard InChI is InChI=1S/C13H11F2N3S/c1-7(10-3-2-6-19-10)18-12-9(17-13(18)16)5-4-8(14)11(12)15/h2-7H,1H3,(H2,16,17). The highest BCUT2D eigenvalue weighted by Crippen LogP contribution is 2.31. The lowest BCUT2D eigenvalue weighted by Crippen LogP contribution is -2.10. The van der Waals surface area contributed by atoms with E-state index in [-0.39, 0.29) is 17.5 Å². The molecule has 0 aliphatic rings. The van der Waals surface area contributed by atoms with Gasteiger partial charge >= 0.3 is 0 Å². The zero-order valence-corrected chi connectivity index (χ0v) is 10.9. The van der Waals surface area contributed by atoms with E-state index in [2.05, 4.69) is 4.98 Å². The summed E-state index contributed by atoms with van der Waals surface area (Å²) in [5, 5.41) is 1.93. The number of hydrogen-bond acceptors (Lipinski definition) is 3. The number of imidazole rings is 1. The second-order valence-corrected chi connectivity index (χ2v) is 5.24. The molecular weight excluding hydrogens is 268 g/mol. The number of hydrogen-bond donors (Lipinski definition) is 1. The van der Waals surface area contributed by atoms with Gasteiger partial charge in [0.1, 0.15) is 5.52 Å². The van der Waals surface area contributed by atoms with Gasteiger partial charge in [-0.15, -0.1) is 11.3 Å². The molecule has 0 fully saturated rings. The van der Waals surface area contributed by atoms with Crippen LogP contribution in [0.15, 0.2) is 29.6 Å². The van der Waals surface area contributed by atoms with E-state index < -0.39 is 11.6 Å². The van der Waals surface area contributed by atoms with Crippen LogP contribution in [0.25, 0.3) is 11.0 Å². The summed E-state index contributed by atoms with van der Waals surface area (Å²) in [4.78, 5) is 5.09. The predicted molar refractivity (Wildman–Crippen MR) is 72.2 cm³/mol. The van der Waals surface area contributed by atoms with E-state index in [4.69, 9.17) is 5.73 Å². The first kappa shape index (κ1) is 12.1. The Morgan fingerprint density at radius 2 is 2.11 bits per heavy atom. The molecule has 3 nitrogen and oxygen atoms in total. The molecule has 3 aromatic rings. The number of aromatic nitrogens is 2. The summed E-state index contributed by atoms with van der Waals surface area (Å²) in [6.07, 6.45) is 0. The van der Waals surface area contributed by atoms with Crippen molar-refractivity contribution in [3.63, 3.8) is 0 Å². The molecule has 1 aromatic carbocycles. The molecule has 3 rings (SSSR count). The van der Waals surface area contributed by atoms with Crippen molar-refractivity contribution in [1.82, 2.24) is 9.55 Å². The summed E-state index contributed by atoms with van der Waals surface area (Å²) in [5.74, 6) is -1.63. The van der Waals surface area contributed by atoms with Gasteiger partial charge in [0.15, 0.2) is 11.6 Å². The fourth-order valence-electron chi connectivity index (χ4n) is 2.19. The maximum absolute atomic E-state index is 14.0. The number of nitrogens with zero attached hydrogens (tertiary/aromatic N) is 2. The van der Waals surface area contributed by atoms with Gasteiger partial charge in [0, 0.05) is 4.88 Å². The van der Waals surface area contributed by atoms with Crippen LogP contribution < -0.4 is 5.73 Å². The van der Waals surface area contributed by atoms with E-state index in [1.165, 1.54) is 22.0 Å². The highest BCUT2D eigenvalue weighted by Gasteiger charge is 2.20. The van der Waals surface area contributed by atoms with Crippen molar-refractivity contribution < 1.29 is 8.78 Å². The summed E-state index contributed by atoms with van der Waals surface area (Å²) in [7, 11) is 0. The van der Waals surface area contributed by atoms with Gasteiger partial charge in [0.2, 0.25) is 5.95 Å². The Hall–Kier alpha value is -1.95. The molecule has 19 heavy (non-hydrogen) atoms. The molecule has 1 atom stereocenters. The van der Waals surface area contributed by atoms with Crippen LogP contribution in [0.5, 0.6) is 0 Å². The fourth-order valence-corrected chi connectivity index (χ4v) is 2.96. The topological polar surface area (TPSA) is 43.8 Å².